The average Bonchev–Trinajstić information content (AvgIpc) is 2.47. The zero-order chi connectivity index (χ0) is 15.8. The fourth-order valence-electron chi connectivity index (χ4n) is 1.60. The molecule has 0 aliphatic rings. The van der Waals surface area contributed by atoms with Gasteiger partial charge in [0.15, 0.2) is 11.7 Å². The van der Waals surface area contributed by atoms with Crippen LogP contribution in [-0.4, -0.2) is 17.7 Å². The minimum absolute atomic E-state index is 0.0124. The summed E-state index contributed by atoms with van der Waals surface area (Å²) in [7, 11) is 0. The van der Waals surface area contributed by atoms with E-state index in [1.165, 1.54) is 12.1 Å². The molecule has 0 fully saturated rings. The van der Waals surface area contributed by atoms with Crippen LogP contribution in [0.3, 0.4) is 0 Å². The van der Waals surface area contributed by atoms with Gasteiger partial charge < -0.3 is 10.5 Å². The van der Waals surface area contributed by atoms with E-state index in [4.69, 9.17) is 21.1 Å². The van der Waals surface area contributed by atoms with E-state index in [0.29, 0.717) is 5.75 Å². The summed E-state index contributed by atoms with van der Waals surface area (Å²) in [6, 6.07) is 6.03. The predicted octanol–water partition coefficient (Wildman–Crippen LogP) is 2.62. The van der Waals surface area contributed by atoms with E-state index in [1.807, 2.05) is 13.8 Å². The Hall–Kier alpha value is -2.62. The molecule has 0 aliphatic carbocycles. The highest BCUT2D eigenvalue weighted by Crippen LogP contribution is 2.29. The maximum atomic E-state index is 13.9. The molecule has 7 heteroatoms. The van der Waals surface area contributed by atoms with Crippen molar-refractivity contribution in [3.63, 3.8) is 0 Å². The molecule has 1 aromatic rings. The first-order valence-electron chi connectivity index (χ1n) is 6.56. The summed E-state index contributed by atoms with van der Waals surface area (Å²) in [6.45, 7) is 3.95. The fourth-order valence-corrected chi connectivity index (χ4v) is 1.60. The van der Waals surface area contributed by atoms with Gasteiger partial charge in [0.1, 0.15) is 17.5 Å². The van der Waals surface area contributed by atoms with Gasteiger partial charge in [-0.05, 0) is 25.0 Å². The first-order chi connectivity index (χ1) is 10.0. The molecule has 0 spiro atoms. The van der Waals surface area contributed by atoms with Crippen molar-refractivity contribution in [3.05, 3.63) is 24.0 Å². The summed E-state index contributed by atoms with van der Waals surface area (Å²) in [5.41, 5.74) is 7.27. The van der Waals surface area contributed by atoms with Crippen LogP contribution in [0.5, 0.6) is 5.75 Å². The maximum absolute atomic E-state index is 13.9. The van der Waals surface area contributed by atoms with Crippen molar-refractivity contribution in [1.82, 2.24) is 0 Å². The number of nitrogens with two attached hydrogens (primary N) is 1. The average molecular weight is 291 g/mol. The lowest BCUT2D eigenvalue weighted by Crippen LogP contribution is -2.22. The van der Waals surface area contributed by atoms with Crippen molar-refractivity contribution in [2.45, 2.75) is 32.8 Å². The molecular weight excluding hydrogens is 273 g/mol. The highest BCUT2D eigenvalue weighted by Gasteiger charge is 2.13. The first kappa shape index (κ1) is 16.4. The third-order valence-electron chi connectivity index (χ3n) is 2.82. The van der Waals surface area contributed by atoms with Crippen LogP contribution in [-0.2, 0) is 0 Å². The molecule has 4 N–H and O–H groups in total. The van der Waals surface area contributed by atoms with Crippen molar-refractivity contribution in [1.29, 1.82) is 10.7 Å². The predicted molar refractivity (Wildman–Crippen MR) is 80.0 cm³/mol. The summed E-state index contributed by atoms with van der Waals surface area (Å²) in [5, 5.41) is 19.6. The minimum Gasteiger partial charge on any atom is -0.488 e. The molecule has 1 rings (SSSR count). The van der Waals surface area contributed by atoms with E-state index in [1.54, 1.807) is 12.1 Å². The smallest absolute Gasteiger partial charge is 0.201 e. The van der Waals surface area contributed by atoms with Gasteiger partial charge in [-0.1, -0.05) is 19.9 Å². The molecule has 0 bridgehead atoms. The van der Waals surface area contributed by atoms with Crippen molar-refractivity contribution < 1.29 is 9.13 Å². The van der Waals surface area contributed by atoms with Gasteiger partial charge >= 0.3 is 0 Å². The van der Waals surface area contributed by atoms with Gasteiger partial charge in [0.2, 0.25) is 5.71 Å². The summed E-state index contributed by atoms with van der Waals surface area (Å²) >= 11 is 0. The number of anilines is 1. The van der Waals surface area contributed by atoms with Crippen molar-refractivity contribution in [2.75, 3.05) is 5.43 Å². The number of nitrogens with zero attached hydrogens (tertiary/aromatic N) is 2. The second-order valence-electron chi connectivity index (χ2n) is 4.27. The van der Waals surface area contributed by atoms with Crippen LogP contribution in [0.15, 0.2) is 23.3 Å². The van der Waals surface area contributed by atoms with E-state index >= 15 is 0 Å². The molecule has 0 amide bonds. The number of amidine groups is 1. The molecule has 0 atom stereocenters. The molecule has 112 valence electrons. The van der Waals surface area contributed by atoms with Crippen LogP contribution in [0, 0.1) is 22.6 Å². The van der Waals surface area contributed by atoms with Gasteiger partial charge in [0.05, 0.1) is 6.10 Å². The zero-order valence-electron chi connectivity index (χ0n) is 12.0. The Kier molecular flexibility index (Phi) is 6.14. The minimum atomic E-state index is -0.567. The lowest BCUT2D eigenvalue weighted by molar-refractivity contribution is 0.193. The van der Waals surface area contributed by atoms with E-state index < -0.39 is 11.7 Å². The molecule has 6 nitrogen and oxygen atoms in total. The van der Waals surface area contributed by atoms with Crippen LogP contribution in [0.2, 0.25) is 0 Å². The Bertz CT molecular complexity index is 575. The van der Waals surface area contributed by atoms with Gasteiger partial charge in [0.25, 0.3) is 0 Å². The summed E-state index contributed by atoms with van der Waals surface area (Å²) in [6.07, 6.45) is 1.53. The Morgan fingerprint density at radius 3 is 2.71 bits per heavy atom. The van der Waals surface area contributed by atoms with E-state index in [9.17, 15) is 4.39 Å². The van der Waals surface area contributed by atoms with Gasteiger partial charge in [-0.15, -0.1) is 0 Å². The molecule has 1 aromatic carbocycles. The number of ether oxygens (including phenoxy) is 1. The SMILES string of the molecule is CCC(CC)Oc1cccc(F)c1N/N=C(\C#N)C(=N)N. The van der Waals surface area contributed by atoms with Gasteiger partial charge in [-0.25, -0.2) is 4.39 Å². The molecule has 21 heavy (non-hydrogen) atoms. The number of halogens is 1. The zero-order valence-corrected chi connectivity index (χ0v) is 12.0. The Morgan fingerprint density at radius 1 is 1.52 bits per heavy atom. The monoisotopic (exact) mass is 291 g/mol. The summed E-state index contributed by atoms with van der Waals surface area (Å²) in [4.78, 5) is 0. The number of hydrogen-bond acceptors (Lipinski definition) is 5. The topological polar surface area (TPSA) is 107 Å². The van der Waals surface area contributed by atoms with Crippen LogP contribution < -0.4 is 15.9 Å². The van der Waals surface area contributed by atoms with Crippen molar-refractivity contribution >= 4 is 17.2 Å². The number of para-hydroxylation sites is 1. The van der Waals surface area contributed by atoms with E-state index in [2.05, 4.69) is 10.5 Å². The largest absolute Gasteiger partial charge is 0.488 e. The molecule has 0 radical (unpaired) electrons. The molecular formula is C14H18FN5O. The molecule has 0 aromatic heterocycles. The number of nitrogens with one attached hydrogen (secondary N) is 2. The normalized spacial score (nSPS) is 11.1. The van der Waals surface area contributed by atoms with Crippen LogP contribution in [0.1, 0.15) is 26.7 Å². The highest BCUT2D eigenvalue weighted by molar-refractivity contribution is 6.45. The number of nitriles is 1. The highest BCUT2D eigenvalue weighted by atomic mass is 19.1. The Morgan fingerprint density at radius 2 is 2.19 bits per heavy atom. The maximum Gasteiger partial charge on any atom is 0.201 e. The van der Waals surface area contributed by atoms with Crippen LogP contribution in [0.4, 0.5) is 10.1 Å². The van der Waals surface area contributed by atoms with Crippen LogP contribution in [0.25, 0.3) is 0 Å². The molecule has 0 heterocycles. The van der Waals surface area contributed by atoms with E-state index in [0.717, 1.165) is 12.8 Å². The standard InChI is InChI=1S/C14H18FN5O/c1-3-9(4-2)21-12-7-5-6-10(15)13(12)20-19-11(8-16)14(17)18/h5-7,9,20H,3-4H2,1-2H3,(H3,17,18)/b19-11+. The van der Waals surface area contributed by atoms with Gasteiger partial charge in [-0.3, -0.25) is 10.8 Å². The second-order valence-corrected chi connectivity index (χ2v) is 4.27. The first-order valence-corrected chi connectivity index (χ1v) is 6.56. The quantitative estimate of drug-likeness (QED) is 0.407. The van der Waals surface area contributed by atoms with Gasteiger partial charge in [0, 0.05) is 0 Å². The summed E-state index contributed by atoms with van der Waals surface area (Å²) in [5.74, 6) is -0.764. The lowest BCUT2D eigenvalue weighted by Gasteiger charge is -2.18. The summed E-state index contributed by atoms with van der Waals surface area (Å²) < 4.78 is 19.6. The molecule has 0 unspecified atom stereocenters. The number of hydrogen-bond donors (Lipinski definition) is 3. The number of rotatable bonds is 7. The Balaban J connectivity index is 3.06. The van der Waals surface area contributed by atoms with E-state index in [-0.39, 0.29) is 17.5 Å². The van der Waals surface area contributed by atoms with Crippen LogP contribution >= 0.6 is 0 Å². The molecule has 0 aliphatic heterocycles. The third kappa shape index (κ3) is 4.45. The van der Waals surface area contributed by atoms with Crippen molar-refractivity contribution in [2.24, 2.45) is 10.8 Å². The number of benzene rings is 1. The molecule has 0 saturated carbocycles. The van der Waals surface area contributed by atoms with Gasteiger partial charge in [-0.2, -0.15) is 10.4 Å². The second kappa shape index (κ2) is 7.85. The fraction of sp³-hybridized carbons (Fsp3) is 0.357. The lowest BCUT2D eigenvalue weighted by atomic mass is 10.2. The number of hydrazone groups is 1. The molecule has 0 saturated heterocycles. The Labute approximate surface area is 122 Å². The third-order valence-corrected chi connectivity index (χ3v) is 2.82. The van der Waals surface area contributed by atoms with Crippen molar-refractivity contribution in [3.8, 4) is 11.8 Å².